The monoisotopic (exact) mass is 362 g/mol. The van der Waals surface area contributed by atoms with Gasteiger partial charge in [0.05, 0.1) is 13.2 Å². The molecule has 1 fully saturated rings. The second-order valence-corrected chi connectivity index (χ2v) is 5.87. The molecule has 2 heterocycles. The fourth-order valence-electron chi connectivity index (χ4n) is 2.16. The van der Waals surface area contributed by atoms with Gasteiger partial charge >= 0.3 is 0 Å². The largest absolute Gasteiger partial charge is 0.472 e. The van der Waals surface area contributed by atoms with E-state index in [1.165, 1.54) is 0 Å². The number of amides is 1. The maximum absolute atomic E-state index is 12.3. The molecular weight excluding hydrogens is 348 g/mol. The summed E-state index contributed by atoms with van der Waals surface area (Å²) in [6.07, 6.45) is 2.42. The first-order chi connectivity index (χ1) is 10.7. The molecule has 1 aliphatic heterocycles. The fraction of sp³-hybridized carbons (Fsp3) is 0.250. The highest BCUT2D eigenvalue weighted by atomic mass is 79.9. The van der Waals surface area contributed by atoms with Crippen molar-refractivity contribution in [2.75, 3.05) is 18.5 Å². The van der Waals surface area contributed by atoms with Gasteiger partial charge in [-0.05, 0) is 24.3 Å². The van der Waals surface area contributed by atoms with Gasteiger partial charge in [0.15, 0.2) is 0 Å². The highest BCUT2D eigenvalue weighted by Gasteiger charge is 2.18. The number of hydrogen-bond donors (Lipinski definition) is 1. The molecule has 0 aliphatic carbocycles. The van der Waals surface area contributed by atoms with Gasteiger partial charge in [-0.1, -0.05) is 22.0 Å². The molecular formula is C16H15BrN2O3. The number of halogens is 1. The predicted molar refractivity (Wildman–Crippen MR) is 86.2 cm³/mol. The molecule has 3 rings (SSSR count). The third kappa shape index (κ3) is 3.84. The molecule has 1 aromatic carbocycles. The van der Waals surface area contributed by atoms with E-state index >= 15 is 0 Å². The minimum Gasteiger partial charge on any atom is -0.472 e. The van der Waals surface area contributed by atoms with Gasteiger partial charge in [0.25, 0.3) is 5.91 Å². The molecule has 1 saturated heterocycles. The number of carbonyl (C=O) groups is 1. The van der Waals surface area contributed by atoms with Crippen molar-refractivity contribution in [2.24, 2.45) is 0 Å². The standard InChI is InChI=1S/C16H15BrN2O3/c17-12-2-1-3-13(9-12)19-16(20)11-4-6-18-15(8-11)22-14-5-7-21-10-14/h1-4,6,8-9,14H,5,7,10H2,(H,19,20)/t14-/m0/s1. The van der Waals surface area contributed by atoms with Crippen LogP contribution in [0, 0.1) is 0 Å². The molecule has 2 aromatic rings. The lowest BCUT2D eigenvalue weighted by Crippen LogP contribution is -2.17. The Morgan fingerprint density at radius 3 is 3.05 bits per heavy atom. The van der Waals surface area contributed by atoms with Crippen molar-refractivity contribution in [3.05, 3.63) is 52.6 Å². The third-order valence-electron chi connectivity index (χ3n) is 3.25. The Bertz CT molecular complexity index is 672. The highest BCUT2D eigenvalue weighted by molar-refractivity contribution is 9.10. The number of hydrogen-bond acceptors (Lipinski definition) is 4. The maximum Gasteiger partial charge on any atom is 0.255 e. The number of aromatic nitrogens is 1. The van der Waals surface area contributed by atoms with Crippen molar-refractivity contribution >= 4 is 27.5 Å². The Hall–Kier alpha value is -1.92. The Morgan fingerprint density at radius 1 is 1.36 bits per heavy atom. The van der Waals surface area contributed by atoms with Gasteiger partial charge in [-0.3, -0.25) is 4.79 Å². The first kappa shape index (κ1) is 15.0. The number of carbonyl (C=O) groups excluding carboxylic acids is 1. The SMILES string of the molecule is O=C(Nc1cccc(Br)c1)c1ccnc(O[C@H]2CCOC2)c1. The summed E-state index contributed by atoms with van der Waals surface area (Å²) in [6, 6.07) is 10.7. The van der Waals surface area contributed by atoms with E-state index in [0.29, 0.717) is 24.7 Å². The zero-order valence-corrected chi connectivity index (χ0v) is 13.4. The third-order valence-corrected chi connectivity index (χ3v) is 3.75. The van der Waals surface area contributed by atoms with Crippen LogP contribution >= 0.6 is 15.9 Å². The molecule has 0 saturated carbocycles. The van der Waals surface area contributed by atoms with E-state index in [1.54, 1.807) is 18.3 Å². The molecule has 0 unspecified atom stereocenters. The van der Waals surface area contributed by atoms with Crippen LogP contribution in [0.15, 0.2) is 47.1 Å². The zero-order valence-electron chi connectivity index (χ0n) is 11.8. The second kappa shape index (κ2) is 6.89. The molecule has 5 nitrogen and oxygen atoms in total. The quantitative estimate of drug-likeness (QED) is 0.906. The number of rotatable bonds is 4. The lowest BCUT2D eigenvalue weighted by atomic mass is 10.2. The Balaban J connectivity index is 1.69. The minimum absolute atomic E-state index is 0.0101. The normalized spacial score (nSPS) is 17.2. The molecule has 0 spiro atoms. The van der Waals surface area contributed by atoms with Crippen molar-refractivity contribution in [1.82, 2.24) is 4.98 Å². The lowest BCUT2D eigenvalue weighted by Gasteiger charge is -2.11. The van der Waals surface area contributed by atoms with Gasteiger partial charge in [-0.15, -0.1) is 0 Å². The van der Waals surface area contributed by atoms with Gasteiger partial charge in [0.2, 0.25) is 5.88 Å². The number of anilines is 1. The van der Waals surface area contributed by atoms with Crippen LogP contribution in [0.2, 0.25) is 0 Å². The Labute approximate surface area is 136 Å². The molecule has 1 amide bonds. The number of benzene rings is 1. The lowest BCUT2D eigenvalue weighted by molar-refractivity contribution is 0.102. The molecule has 0 bridgehead atoms. The summed E-state index contributed by atoms with van der Waals surface area (Å²) in [5, 5.41) is 2.84. The second-order valence-electron chi connectivity index (χ2n) is 4.95. The van der Waals surface area contributed by atoms with Crippen molar-refractivity contribution in [3.63, 3.8) is 0 Å². The Kier molecular flexibility index (Phi) is 4.70. The summed E-state index contributed by atoms with van der Waals surface area (Å²) >= 11 is 3.38. The van der Waals surface area contributed by atoms with E-state index in [-0.39, 0.29) is 12.0 Å². The van der Waals surface area contributed by atoms with Crippen molar-refractivity contribution in [3.8, 4) is 5.88 Å². The van der Waals surface area contributed by atoms with E-state index in [9.17, 15) is 4.79 Å². The van der Waals surface area contributed by atoms with Crippen molar-refractivity contribution in [1.29, 1.82) is 0 Å². The van der Waals surface area contributed by atoms with Gasteiger partial charge < -0.3 is 14.8 Å². The summed E-state index contributed by atoms with van der Waals surface area (Å²) in [7, 11) is 0. The van der Waals surface area contributed by atoms with Crippen LogP contribution in [0.4, 0.5) is 5.69 Å². The van der Waals surface area contributed by atoms with Crippen LogP contribution in [0.3, 0.4) is 0 Å². The first-order valence-corrected chi connectivity index (χ1v) is 7.77. The molecule has 1 aromatic heterocycles. The van der Waals surface area contributed by atoms with Gasteiger partial charge in [-0.2, -0.15) is 0 Å². The molecule has 1 N–H and O–H groups in total. The van der Waals surface area contributed by atoms with Crippen LogP contribution < -0.4 is 10.1 Å². The predicted octanol–water partition coefficient (Wildman–Crippen LogP) is 3.26. The zero-order chi connectivity index (χ0) is 15.4. The van der Waals surface area contributed by atoms with Crippen LogP contribution in [-0.2, 0) is 4.74 Å². The molecule has 22 heavy (non-hydrogen) atoms. The molecule has 1 aliphatic rings. The van der Waals surface area contributed by atoms with E-state index in [1.807, 2.05) is 24.3 Å². The van der Waals surface area contributed by atoms with Crippen LogP contribution in [0.1, 0.15) is 16.8 Å². The maximum atomic E-state index is 12.3. The summed E-state index contributed by atoms with van der Waals surface area (Å²) in [5.41, 5.74) is 1.23. The Morgan fingerprint density at radius 2 is 2.27 bits per heavy atom. The molecule has 6 heteroatoms. The average molecular weight is 363 g/mol. The van der Waals surface area contributed by atoms with E-state index in [2.05, 4.69) is 26.2 Å². The van der Waals surface area contributed by atoms with Crippen molar-refractivity contribution in [2.45, 2.75) is 12.5 Å². The topological polar surface area (TPSA) is 60.5 Å². The van der Waals surface area contributed by atoms with E-state index in [4.69, 9.17) is 9.47 Å². The average Bonchev–Trinajstić information content (AvgIpc) is 3.00. The van der Waals surface area contributed by atoms with E-state index < -0.39 is 0 Å². The number of ether oxygens (including phenoxy) is 2. The number of pyridine rings is 1. The molecule has 0 radical (unpaired) electrons. The van der Waals surface area contributed by atoms with Crippen LogP contribution in [-0.4, -0.2) is 30.2 Å². The summed E-state index contributed by atoms with van der Waals surface area (Å²) < 4.78 is 11.9. The number of nitrogens with one attached hydrogen (secondary N) is 1. The minimum atomic E-state index is -0.201. The van der Waals surface area contributed by atoms with Crippen LogP contribution in [0.5, 0.6) is 5.88 Å². The first-order valence-electron chi connectivity index (χ1n) is 6.98. The number of nitrogens with zero attached hydrogens (tertiary/aromatic N) is 1. The summed E-state index contributed by atoms with van der Waals surface area (Å²) in [6.45, 7) is 1.27. The van der Waals surface area contributed by atoms with Gasteiger partial charge in [0, 0.05) is 34.4 Å². The van der Waals surface area contributed by atoms with Crippen molar-refractivity contribution < 1.29 is 14.3 Å². The van der Waals surface area contributed by atoms with E-state index in [0.717, 1.165) is 16.6 Å². The summed E-state index contributed by atoms with van der Waals surface area (Å²) in [4.78, 5) is 16.4. The smallest absolute Gasteiger partial charge is 0.255 e. The van der Waals surface area contributed by atoms with Gasteiger partial charge in [-0.25, -0.2) is 4.98 Å². The fourth-order valence-corrected chi connectivity index (χ4v) is 2.56. The van der Waals surface area contributed by atoms with Crippen LogP contribution in [0.25, 0.3) is 0 Å². The summed E-state index contributed by atoms with van der Waals surface area (Å²) in [5.74, 6) is 0.241. The molecule has 1 atom stereocenters. The van der Waals surface area contributed by atoms with Gasteiger partial charge in [0.1, 0.15) is 6.10 Å². The molecule has 114 valence electrons. The highest BCUT2D eigenvalue weighted by Crippen LogP contribution is 2.19.